The summed E-state index contributed by atoms with van der Waals surface area (Å²) >= 11 is 0. The minimum absolute atomic E-state index is 0.115. The smallest absolute Gasteiger partial charge is 0.133 e. The van der Waals surface area contributed by atoms with E-state index in [1.807, 2.05) is 12.1 Å². The lowest BCUT2D eigenvalue weighted by Crippen LogP contribution is -2.10. The van der Waals surface area contributed by atoms with Crippen molar-refractivity contribution in [3.63, 3.8) is 0 Å². The van der Waals surface area contributed by atoms with Gasteiger partial charge in [-0.25, -0.2) is 13.2 Å². The molecule has 3 heteroatoms. The summed E-state index contributed by atoms with van der Waals surface area (Å²) in [6.07, 6.45) is 7.93. The number of halogens is 3. The molecule has 31 heavy (non-hydrogen) atoms. The molecule has 0 aromatic heterocycles. The predicted octanol–water partition coefficient (Wildman–Crippen LogP) is 8.76. The minimum Gasteiger partial charge on any atom is -0.206 e. The molecule has 1 aliphatic carbocycles. The maximum Gasteiger partial charge on any atom is 0.133 e. The van der Waals surface area contributed by atoms with Crippen molar-refractivity contribution in [2.75, 3.05) is 0 Å². The van der Waals surface area contributed by atoms with Crippen LogP contribution in [0.15, 0.2) is 60.7 Å². The first-order valence-corrected chi connectivity index (χ1v) is 11.0. The van der Waals surface area contributed by atoms with Crippen molar-refractivity contribution in [1.29, 1.82) is 0 Å². The van der Waals surface area contributed by atoms with Crippen LogP contribution in [-0.4, -0.2) is 0 Å². The minimum atomic E-state index is -0.704. The highest BCUT2D eigenvalue weighted by atomic mass is 19.1. The number of hydrogen-bond donors (Lipinski definition) is 0. The van der Waals surface area contributed by atoms with E-state index < -0.39 is 17.5 Å². The van der Waals surface area contributed by atoms with Crippen molar-refractivity contribution in [1.82, 2.24) is 0 Å². The molecule has 0 nitrogen and oxygen atoms in total. The second kappa shape index (κ2) is 9.13. The van der Waals surface area contributed by atoms with E-state index in [-0.39, 0.29) is 16.7 Å². The largest absolute Gasteiger partial charge is 0.206 e. The van der Waals surface area contributed by atoms with Gasteiger partial charge in [-0.3, -0.25) is 0 Å². The molecule has 1 fully saturated rings. The van der Waals surface area contributed by atoms with Gasteiger partial charge in [0.2, 0.25) is 0 Å². The zero-order chi connectivity index (χ0) is 22.0. The van der Waals surface area contributed by atoms with Gasteiger partial charge in [-0.2, -0.15) is 0 Å². The Morgan fingerprint density at radius 2 is 1.29 bits per heavy atom. The van der Waals surface area contributed by atoms with Crippen LogP contribution in [0.25, 0.3) is 28.3 Å². The molecule has 0 unspecified atom stereocenters. The molecule has 160 valence electrons. The Bertz CT molecular complexity index is 1060. The highest BCUT2D eigenvalue weighted by Crippen LogP contribution is 2.36. The number of allylic oxidation sites excluding steroid dienone is 1. The lowest BCUT2D eigenvalue weighted by molar-refractivity contribution is 0.348. The van der Waals surface area contributed by atoms with E-state index >= 15 is 0 Å². The molecule has 0 radical (unpaired) electrons. The van der Waals surface area contributed by atoms with E-state index in [4.69, 9.17) is 0 Å². The van der Waals surface area contributed by atoms with Gasteiger partial charge in [-0.05, 0) is 72.1 Å². The number of rotatable bonds is 4. The Morgan fingerprint density at radius 3 is 1.87 bits per heavy atom. The third-order valence-electron chi connectivity index (χ3n) is 6.42. The number of benzene rings is 3. The molecule has 3 aromatic carbocycles. The molecule has 0 bridgehead atoms. The third kappa shape index (κ3) is 4.61. The van der Waals surface area contributed by atoms with Crippen molar-refractivity contribution in [3.8, 4) is 22.3 Å². The van der Waals surface area contributed by atoms with Gasteiger partial charge in [-0.15, -0.1) is 0 Å². The van der Waals surface area contributed by atoms with E-state index in [9.17, 15) is 13.2 Å². The summed E-state index contributed by atoms with van der Waals surface area (Å²) in [5.41, 5.74) is 3.28. The van der Waals surface area contributed by atoms with Crippen molar-refractivity contribution in [2.45, 2.75) is 45.4 Å². The highest BCUT2D eigenvalue weighted by Gasteiger charge is 2.19. The highest BCUT2D eigenvalue weighted by molar-refractivity contribution is 5.72. The molecular formula is C28H27F3. The van der Waals surface area contributed by atoms with Crippen LogP contribution in [0.4, 0.5) is 13.2 Å². The molecule has 0 N–H and O–H groups in total. The van der Waals surface area contributed by atoms with Crippen LogP contribution in [0.1, 0.15) is 56.6 Å². The quantitative estimate of drug-likeness (QED) is 0.396. The normalized spacial score (nSPS) is 19.1. The molecule has 3 aromatic rings. The van der Waals surface area contributed by atoms with Crippen LogP contribution in [0.2, 0.25) is 0 Å². The van der Waals surface area contributed by atoms with E-state index in [0.717, 1.165) is 17.0 Å². The van der Waals surface area contributed by atoms with Crippen molar-refractivity contribution < 1.29 is 13.2 Å². The monoisotopic (exact) mass is 420 g/mol. The van der Waals surface area contributed by atoms with Crippen LogP contribution in [0.5, 0.6) is 0 Å². The fraction of sp³-hybridized carbons (Fsp3) is 0.286. The van der Waals surface area contributed by atoms with E-state index in [1.54, 1.807) is 25.1 Å². The van der Waals surface area contributed by atoms with Gasteiger partial charge in [0.1, 0.15) is 17.5 Å². The van der Waals surface area contributed by atoms with Crippen molar-refractivity contribution >= 4 is 6.08 Å². The summed E-state index contributed by atoms with van der Waals surface area (Å²) in [4.78, 5) is 0. The summed E-state index contributed by atoms with van der Waals surface area (Å²) in [6.45, 7) is 4.00. The van der Waals surface area contributed by atoms with Crippen LogP contribution in [0.3, 0.4) is 0 Å². The Morgan fingerprint density at radius 1 is 0.710 bits per heavy atom. The van der Waals surface area contributed by atoms with Crippen LogP contribution in [-0.2, 0) is 0 Å². The van der Waals surface area contributed by atoms with Crippen molar-refractivity contribution in [2.24, 2.45) is 5.92 Å². The van der Waals surface area contributed by atoms with Crippen molar-refractivity contribution in [3.05, 3.63) is 89.3 Å². The molecule has 0 atom stereocenters. The molecular weight excluding hydrogens is 393 g/mol. The number of hydrogen-bond acceptors (Lipinski definition) is 0. The first-order valence-electron chi connectivity index (χ1n) is 11.0. The van der Waals surface area contributed by atoms with Gasteiger partial charge in [0.05, 0.1) is 0 Å². The van der Waals surface area contributed by atoms with E-state index in [0.29, 0.717) is 5.92 Å². The van der Waals surface area contributed by atoms with Gasteiger partial charge in [0.25, 0.3) is 0 Å². The maximum atomic E-state index is 14.9. The molecule has 1 aliphatic rings. The van der Waals surface area contributed by atoms with Crippen LogP contribution >= 0.6 is 0 Å². The van der Waals surface area contributed by atoms with Gasteiger partial charge >= 0.3 is 0 Å². The third-order valence-corrected chi connectivity index (χ3v) is 6.42. The van der Waals surface area contributed by atoms with Crippen LogP contribution in [0, 0.1) is 23.4 Å². The second-order valence-electron chi connectivity index (χ2n) is 8.63. The summed E-state index contributed by atoms with van der Waals surface area (Å²) in [5, 5.41) is 0. The Kier molecular flexibility index (Phi) is 6.31. The van der Waals surface area contributed by atoms with Gasteiger partial charge in [0.15, 0.2) is 0 Å². The Hall–Kier alpha value is -2.81. The SMILES string of the molecule is C/C=C/c1c(F)cc(-c2ccc(-c3ccc(C4CCC(C)CC4)cc3)cc2F)cc1F. The zero-order valence-electron chi connectivity index (χ0n) is 18.0. The maximum absolute atomic E-state index is 14.9. The van der Waals surface area contributed by atoms with Gasteiger partial charge < -0.3 is 0 Å². The summed E-state index contributed by atoms with van der Waals surface area (Å²) in [7, 11) is 0. The lowest BCUT2D eigenvalue weighted by atomic mass is 9.79. The Labute approximate surface area is 182 Å². The zero-order valence-corrected chi connectivity index (χ0v) is 18.0. The molecule has 0 aliphatic heterocycles. The van der Waals surface area contributed by atoms with Gasteiger partial charge in [-0.1, -0.05) is 68.3 Å². The summed E-state index contributed by atoms with van der Waals surface area (Å²) in [5.74, 6) is -0.480. The molecule has 1 saturated carbocycles. The molecule has 0 heterocycles. The predicted molar refractivity (Wildman–Crippen MR) is 122 cm³/mol. The van der Waals surface area contributed by atoms with Crippen LogP contribution < -0.4 is 0 Å². The second-order valence-corrected chi connectivity index (χ2v) is 8.63. The molecule has 0 spiro atoms. The summed E-state index contributed by atoms with van der Waals surface area (Å²) < 4.78 is 43.4. The first kappa shape index (κ1) is 21.4. The fourth-order valence-corrected chi connectivity index (χ4v) is 4.54. The topological polar surface area (TPSA) is 0 Å². The Balaban J connectivity index is 1.58. The average molecular weight is 421 g/mol. The van der Waals surface area contributed by atoms with Gasteiger partial charge in [0, 0.05) is 11.1 Å². The average Bonchev–Trinajstić information content (AvgIpc) is 2.77. The van der Waals surface area contributed by atoms with E-state index in [1.165, 1.54) is 55.5 Å². The lowest BCUT2D eigenvalue weighted by Gasteiger charge is -2.26. The molecule has 0 saturated heterocycles. The fourth-order valence-electron chi connectivity index (χ4n) is 4.54. The first-order chi connectivity index (χ1) is 15.0. The van der Waals surface area contributed by atoms with E-state index in [2.05, 4.69) is 19.1 Å². The molecule has 4 rings (SSSR count). The summed E-state index contributed by atoms with van der Waals surface area (Å²) in [6, 6.07) is 15.5. The standard InChI is InChI=1S/C28H27F3/c1-3-4-25-27(30)16-23(17-28(25)31)24-14-13-22(15-26(24)29)21-11-9-20(10-12-21)19-7-5-18(2)6-8-19/h3-4,9-19H,5-8H2,1-2H3/b4-3+. The molecule has 0 amide bonds.